The SMILES string of the molecule is C=CCC(NC(=O)O)c1cc(-c2c([N+](=O)[O-])cnn2C(F)F)ccn1. The Morgan fingerprint density at radius 2 is 2.28 bits per heavy atom. The molecule has 1 unspecified atom stereocenters. The Kier molecular flexibility index (Phi) is 5.37. The van der Waals surface area contributed by atoms with Crippen LogP contribution in [0.15, 0.2) is 37.2 Å². The molecule has 132 valence electrons. The van der Waals surface area contributed by atoms with Gasteiger partial charge in [-0.05, 0) is 18.6 Å². The van der Waals surface area contributed by atoms with E-state index in [2.05, 4.69) is 22.0 Å². The highest BCUT2D eigenvalue weighted by Crippen LogP contribution is 2.33. The molecular weight excluding hydrogens is 340 g/mol. The van der Waals surface area contributed by atoms with Crippen LogP contribution in [0.25, 0.3) is 11.3 Å². The van der Waals surface area contributed by atoms with E-state index < -0.39 is 35.0 Å². The molecule has 0 aliphatic rings. The van der Waals surface area contributed by atoms with Crippen LogP contribution in [-0.4, -0.2) is 30.9 Å². The van der Waals surface area contributed by atoms with E-state index in [4.69, 9.17) is 5.11 Å². The number of hydrogen-bond donors (Lipinski definition) is 2. The van der Waals surface area contributed by atoms with Gasteiger partial charge in [-0.3, -0.25) is 15.1 Å². The summed E-state index contributed by atoms with van der Waals surface area (Å²) in [5, 5.41) is 25.5. The number of carbonyl (C=O) groups is 1. The summed E-state index contributed by atoms with van der Waals surface area (Å²) >= 11 is 0. The molecule has 0 aliphatic carbocycles. The van der Waals surface area contributed by atoms with Crippen LogP contribution < -0.4 is 5.32 Å². The van der Waals surface area contributed by atoms with Gasteiger partial charge in [0.1, 0.15) is 6.20 Å². The second-order valence-electron chi connectivity index (χ2n) is 4.85. The third-order valence-electron chi connectivity index (χ3n) is 3.27. The average Bonchev–Trinajstić information content (AvgIpc) is 2.99. The third-order valence-corrected chi connectivity index (χ3v) is 3.27. The lowest BCUT2D eigenvalue weighted by atomic mass is 10.1. The van der Waals surface area contributed by atoms with Crippen LogP contribution in [0.4, 0.5) is 19.3 Å². The van der Waals surface area contributed by atoms with Crippen LogP contribution in [0.5, 0.6) is 0 Å². The van der Waals surface area contributed by atoms with E-state index in [-0.39, 0.29) is 22.4 Å². The molecule has 0 bridgehead atoms. The predicted molar refractivity (Wildman–Crippen MR) is 82.1 cm³/mol. The van der Waals surface area contributed by atoms with E-state index in [1.54, 1.807) is 0 Å². The maximum absolute atomic E-state index is 13.1. The first-order valence-corrected chi connectivity index (χ1v) is 6.91. The summed E-state index contributed by atoms with van der Waals surface area (Å²) in [5.41, 5.74) is -0.716. The third kappa shape index (κ3) is 3.94. The van der Waals surface area contributed by atoms with E-state index in [0.717, 1.165) is 6.20 Å². The van der Waals surface area contributed by atoms with Gasteiger partial charge in [0.15, 0.2) is 5.69 Å². The lowest BCUT2D eigenvalue weighted by Gasteiger charge is -2.15. The van der Waals surface area contributed by atoms with Crippen molar-refractivity contribution in [3.63, 3.8) is 0 Å². The smallest absolute Gasteiger partial charge is 0.405 e. The Bertz CT molecular complexity index is 808. The first-order valence-electron chi connectivity index (χ1n) is 6.91. The van der Waals surface area contributed by atoms with Crippen LogP contribution in [0.1, 0.15) is 24.7 Å². The van der Waals surface area contributed by atoms with Gasteiger partial charge in [-0.1, -0.05) is 6.08 Å². The molecule has 0 fully saturated rings. The maximum atomic E-state index is 13.1. The average molecular weight is 353 g/mol. The lowest BCUT2D eigenvalue weighted by Crippen LogP contribution is -2.27. The highest BCUT2D eigenvalue weighted by Gasteiger charge is 2.27. The summed E-state index contributed by atoms with van der Waals surface area (Å²) in [7, 11) is 0. The van der Waals surface area contributed by atoms with E-state index in [0.29, 0.717) is 0 Å². The van der Waals surface area contributed by atoms with Gasteiger partial charge >= 0.3 is 18.3 Å². The number of nitro groups is 1. The largest absolute Gasteiger partial charge is 0.465 e. The number of pyridine rings is 1. The van der Waals surface area contributed by atoms with Crippen molar-refractivity contribution in [3.05, 3.63) is 53.0 Å². The summed E-state index contributed by atoms with van der Waals surface area (Å²) < 4.78 is 26.4. The molecule has 1 amide bonds. The van der Waals surface area contributed by atoms with Crippen LogP contribution in [0.2, 0.25) is 0 Å². The zero-order valence-electron chi connectivity index (χ0n) is 12.7. The van der Waals surface area contributed by atoms with Crippen LogP contribution in [0.3, 0.4) is 0 Å². The number of rotatable bonds is 7. The van der Waals surface area contributed by atoms with Gasteiger partial charge in [0.25, 0.3) is 0 Å². The van der Waals surface area contributed by atoms with Gasteiger partial charge in [0, 0.05) is 11.8 Å². The number of carboxylic acid groups (broad SMARTS) is 1. The summed E-state index contributed by atoms with van der Waals surface area (Å²) in [6.07, 6.45) is 2.33. The summed E-state index contributed by atoms with van der Waals surface area (Å²) in [5.74, 6) is 0. The summed E-state index contributed by atoms with van der Waals surface area (Å²) in [6, 6.07) is 1.82. The molecule has 25 heavy (non-hydrogen) atoms. The molecule has 0 radical (unpaired) electrons. The molecule has 2 aromatic rings. The van der Waals surface area contributed by atoms with Crippen molar-refractivity contribution in [3.8, 4) is 11.3 Å². The van der Waals surface area contributed by atoms with E-state index in [1.807, 2.05) is 0 Å². The number of amides is 1. The monoisotopic (exact) mass is 353 g/mol. The van der Waals surface area contributed by atoms with Crippen molar-refractivity contribution in [2.24, 2.45) is 0 Å². The Balaban J connectivity index is 2.55. The maximum Gasteiger partial charge on any atom is 0.405 e. The normalized spacial score (nSPS) is 12.0. The van der Waals surface area contributed by atoms with Crippen molar-refractivity contribution >= 4 is 11.8 Å². The number of halogens is 2. The zero-order chi connectivity index (χ0) is 18.6. The number of nitrogens with zero attached hydrogens (tertiary/aromatic N) is 4. The van der Waals surface area contributed by atoms with Crippen molar-refractivity contribution in [2.45, 2.75) is 19.0 Å². The number of alkyl halides is 2. The van der Waals surface area contributed by atoms with Crippen LogP contribution in [0, 0.1) is 10.1 Å². The summed E-state index contributed by atoms with van der Waals surface area (Å²) in [4.78, 5) is 25.2. The standard InChI is InChI=1S/C14H13F2N5O4/c1-2-3-9(19-14(22)23)10-6-8(4-5-17-10)12-11(21(24)25)7-18-20(12)13(15)16/h2,4-7,9,13,19H,1,3H2,(H,22,23). The van der Waals surface area contributed by atoms with Gasteiger partial charge in [-0.2, -0.15) is 18.6 Å². The van der Waals surface area contributed by atoms with E-state index in [9.17, 15) is 23.7 Å². The fourth-order valence-electron chi connectivity index (χ4n) is 2.27. The van der Waals surface area contributed by atoms with Crippen molar-refractivity contribution in [2.75, 3.05) is 0 Å². The molecule has 2 N–H and O–H groups in total. The molecule has 2 heterocycles. The van der Waals surface area contributed by atoms with Gasteiger partial charge in [0.05, 0.1) is 16.7 Å². The minimum Gasteiger partial charge on any atom is -0.465 e. The molecule has 0 aliphatic heterocycles. The topological polar surface area (TPSA) is 123 Å². The zero-order valence-corrected chi connectivity index (χ0v) is 12.7. The fourth-order valence-corrected chi connectivity index (χ4v) is 2.27. The van der Waals surface area contributed by atoms with Gasteiger partial charge in [0.2, 0.25) is 0 Å². The van der Waals surface area contributed by atoms with Gasteiger partial charge in [-0.15, -0.1) is 6.58 Å². The first kappa shape index (κ1) is 18.0. The molecule has 0 saturated carbocycles. The molecule has 11 heteroatoms. The molecule has 2 rings (SSSR count). The first-order chi connectivity index (χ1) is 11.8. The van der Waals surface area contributed by atoms with Crippen LogP contribution in [-0.2, 0) is 0 Å². The second kappa shape index (κ2) is 7.47. The fraction of sp³-hybridized carbons (Fsp3) is 0.214. The van der Waals surface area contributed by atoms with Gasteiger partial charge in [-0.25, -0.2) is 4.79 Å². The van der Waals surface area contributed by atoms with Crippen LogP contribution >= 0.6 is 0 Å². The minimum atomic E-state index is -3.08. The Labute approximate surface area is 139 Å². The van der Waals surface area contributed by atoms with E-state index in [1.165, 1.54) is 24.4 Å². The molecule has 0 aromatic carbocycles. The minimum absolute atomic E-state index is 0.0655. The van der Waals surface area contributed by atoms with Crippen molar-refractivity contribution in [1.82, 2.24) is 20.1 Å². The summed E-state index contributed by atoms with van der Waals surface area (Å²) in [6.45, 7) is 0.435. The van der Waals surface area contributed by atoms with Crippen molar-refractivity contribution in [1.29, 1.82) is 0 Å². The molecule has 2 aromatic heterocycles. The Morgan fingerprint density at radius 1 is 1.56 bits per heavy atom. The quantitative estimate of drug-likeness (QED) is 0.448. The second-order valence-corrected chi connectivity index (χ2v) is 4.85. The lowest BCUT2D eigenvalue weighted by molar-refractivity contribution is -0.384. The Hall–Kier alpha value is -3.37. The van der Waals surface area contributed by atoms with Gasteiger partial charge < -0.3 is 10.4 Å². The molecule has 9 nitrogen and oxygen atoms in total. The number of aromatic nitrogens is 3. The number of nitrogens with one attached hydrogen (secondary N) is 1. The molecule has 0 saturated heterocycles. The highest BCUT2D eigenvalue weighted by atomic mass is 19.3. The molecule has 0 spiro atoms. The Morgan fingerprint density at radius 3 is 2.84 bits per heavy atom. The van der Waals surface area contributed by atoms with Crippen molar-refractivity contribution < 1.29 is 23.6 Å². The predicted octanol–water partition coefficient (Wildman–Crippen LogP) is 3.13. The highest BCUT2D eigenvalue weighted by molar-refractivity contribution is 5.70. The molecular formula is C14H13F2N5O4. The molecule has 1 atom stereocenters. The number of hydrogen-bond acceptors (Lipinski definition) is 5. The van der Waals surface area contributed by atoms with E-state index >= 15 is 0 Å².